The number of fused-ring (bicyclic) bond motifs is 1. The van der Waals surface area contributed by atoms with Gasteiger partial charge in [0.1, 0.15) is 11.6 Å². The van der Waals surface area contributed by atoms with Crippen molar-refractivity contribution in [3.8, 4) is 0 Å². The van der Waals surface area contributed by atoms with E-state index in [-0.39, 0.29) is 5.82 Å². The molecule has 0 saturated carbocycles. The fourth-order valence-electron chi connectivity index (χ4n) is 6.23. The number of hydrogen-bond donors (Lipinski definition) is 2. The molecule has 0 unspecified atom stereocenters. The summed E-state index contributed by atoms with van der Waals surface area (Å²) in [6, 6.07) is 12.4. The van der Waals surface area contributed by atoms with E-state index in [0.29, 0.717) is 46.4 Å². The van der Waals surface area contributed by atoms with Gasteiger partial charge in [0, 0.05) is 37.8 Å². The Morgan fingerprint density at radius 2 is 1.69 bits per heavy atom. The lowest BCUT2D eigenvalue weighted by Gasteiger charge is -2.46. The molecule has 2 aliphatic heterocycles. The third-order valence-electron chi connectivity index (χ3n) is 9.03. The fourth-order valence-corrected chi connectivity index (χ4v) is 6.75. The summed E-state index contributed by atoms with van der Waals surface area (Å²) in [5.41, 5.74) is 4.37. The lowest BCUT2D eigenvalue weighted by Crippen LogP contribution is -2.46. The second kappa shape index (κ2) is 11.2. The first-order valence-corrected chi connectivity index (χ1v) is 16.3. The van der Waals surface area contributed by atoms with Crippen LogP contribution in [0, 0.1) is 11.2 Å². The van der Waals surface area contributed by atoms with Gasteiger partial charge in [-0.15, -0.1) is 0 Å². The number of nitrogens with one attached hydrogen (secondary N) is 2. The molecule has 222 valence electrons. The molecule has 2 fully saturated rings. The molecule has 1 aliphatic carbocycles. The van der Waals surface area contributed by atoms with Gasteiger partial charge >= 0.3 is 0 Å². The number of aromatic nitrogens is 2. The van der Waals surface area contributed by atoms with E-state index in [1.165, 1.54) is 36.5 Å². The molecule has 3 heterocycles. The maximum Gasteiger partial charge on any atom is 0.232 e. The summed E-state index contributed by atoms with van der Waals surface area (Å²) in [6.07, 6.45) is 10.4. The van der Waals surface area contributed by atoms with Gasteiger partial charge in [0.05, 0.1) is 29.0 Å². The predicted molar refractivity (Wildman–Crippen MR) is 168 cm³/mol. The van der Waals surface area contributed by atoms with E-state index < -0.39 is 10.0 Å². The zero-order chi connectivity index (χ0) is 29.5. The van der Waals surface area contributed by atoms with Crippen LogP contribution in [0.2, 0.25) is 0 Å². The van der Waals surface area contributed by atoms with Gasteiger partial charge in [-0.3, -0.25) is 4.31 Å². The first kappa shape index (κ1) is 28.4. The third-order valence-corrected chi connectivity index (χ3v) is 10.2. The van der Waals surface area contributed by atoms with Gasteiger partial charge in [-0.1, -0.05) is 24.3 Å². The summed E-state index contributed by atoms with van der Waals surface area (Å²) in [7, 11) is 0.242. The molecule has 0 bridgehead atoms. The molecule has 3 aliphatic rings. The maximum absolute atomic E-state index is 15.4. The standard InChI is InChI=1S/C31H38FN7O2S/c1-37-17-13-31(14-18-37)15-19-39(20-16-31)27-12-11-22(21-24(27)32)33-30-35-25-9-6-7-23(25)29(36-30)34-26-8-4-5-10-28(26)38(2)42(3,40)41/h4-8,10-12,21H,9,13-20H2,1-3H3,(H2,33,34,35,36). The molecule has 2 aromatic carbocycles. The van der Waals surface area contributed by atoms with Crippen LogP contribution in [0.1, 0.15) is 36.9 Å². The zero-order valence-corrected chi connectivity index (χ0v) is 25.2. The minimum absolute atomic E-state index is 0.266. The van der Waals surface area contributed by atoms with Crippen LogP contribution >= 0.6 is 0 Å². The average molecular weight is 592 g/mol. The van der Waals surface area contributed by atoms with Crippen LogP contribution in [0.4, 0.5) is 38.9 Å². The van der Waals surface area contributed by atoms with Crippen molar-refractivity contribution in [3.05, 3.63) is 65.6 Å². The Morgan fingerprint density at radius 3 is 2.40 bits per heavy atom. The number of anilines is 6. The van der Waals surface area contributed by atoms with Gasteiger partial charge in [0.15, 0.2) is 0 Å². The predicted octanol–water partition coefficient (Wildman–Crippen LogP) is 5.38. The minimum Gasteiger partial charge on any atom is -0.369 e. The highest BCUT2D eigenvalue weighted by Crippen LogP contribution is 2.42. The van der Waals surface area contributed by atoms with Crippen LogP contribution in [0.3, 0.4) is 0 Å². The van der Waals surface area contributed by atoms with Gasteiger partial charge in [-0.2, -0.15) is 4.98 Å². The van der Waals surface area contributed by atoms with E-state index in [1.807, 2.05) is 30.4 Å². The SMILES string of the molecule is CN1CCC2(CC1)CCN(c1ccc(Nc3nc4c(c(Nc5ccccc5N(C)S(C)(=O)=O)n3)C=CC4)cc1F)CC2. The Labute approximate surface area is 247 Å². The fraction of sp³-hybridized carbons (Fsp3) is 0.419. The number of sulfonamides is 1. The van der Waals surface area contributed by atoms with E-state index in [9.17, 15) is 8.42 Å². The van der Waals surface area contributed by atoms with Crippen molar-refractivity contribution in [3.63, 3.8) is 0 Å². The molecular formula is C31H38FN7O2S. The summed E-state index contributed by atoms with van der Waals surface area (Å²) in [5, 5.41) is 6.49. The second-order valence-electron chi connectivity index (χ2n) is 11.8. The monoisotopic (exact) mass is 591 g/mol. The highest BCUT2D eigenvalue weighted by Gasteiger charge is 2.37. The lowest BCUT2D eigenvalue weighted by molar-refractivity contribution is 0.0943. The van der Waals surface area contributed by atoms with E-state index >= 15 is 4.39 Å². The first-order chi connectivity index (χ1) is 20.1. The number of rotatable bonds is 7. The van der Waals surface area contributed by atoms with Crippen LogP contribution in [0.5, 0.6) is 0 Å². The van der Waals surface area contributed by atoms with E-state index in [0.717, 1.165) is 50.3 Å². The van der Waals surface area contributed by atoms with Gasteiger partial charge in [-0.25, -0.2) is 17.8 Å². The molecule has 1 spiro atoms. The Balaban J connectivity index is 1.19. The summed E-state index contributed by atoms with van der Waals surface area (Å²) in [6.45, 7) is 4.05. The zero-order valence-electron chi connectivity index (χ0n) is 24.4. The number of hydrogen-bond acceptors (Lipinski definition) is 8. The van der Waals surface area contributed by atoms with E-state index in [1.54, 1.807) is 18.2 Å². The summed E-state index contributed by atoms with van der Waals surface area (Å²) >= 11 is 0. The largest absolute Gasteiger partial charge is 0.369 e. The van der Waals surface area contributed by atoms with Crippen LogP contribution in [0.15, 0.2) is 48.5 Å². The Hall–Kier alpha value is -3.70. The molecule has 0 atom stereocenters. The van der Waals surface area contributed by atoms with Crippen molar-refractivity contribution in [2.24, 2.45) is 5.41 Å². The lowest BCUT2D eigenvalue weighted by atomic mass is 9.71. The number of nitrogens with zero attached hydrogens (tertiary/aromatic N) is 5. The summed E-state index contributed by atoms with van der Waals surface area (Å²) in [4.78, 5) is 14.0. The van der Waals surface area contributed by atoms with Crippen molar-refractivity contribution in [2.75, 3.05) is 66.4 Å². The molecule has 6 rings (SSSR count). The quantitative estimate of drug-likeness (QED) is 0.378. The molecule has 2 N–H and O–H groups in total. The Kier molecular flexibility index (Phi) is 7.57. The first-order valence-electron chi connectivity index (χ1n) is 14.5. The Bertz CT molecular complexity index is 1610. The number of para-hydroxylation sites is 2. The topological polar surface area (TPSA) is 93.7 Å². The van der Waals surface area contributed by atoms with Crippen molar-refractivity contribution < 1.29 is 12.8 Å². The number of halogens is 1. The van der Waals surface area contributed by atoms with Crippen molar-refractivity contribution in [1.29, 1.82) is 0 Å². The molecule has 9 nitrogen and oxygen atoms in total. The third kappa shape index (κ3) is 5.80. The molecule has 3 aromatic rings. The van der Waals surface area contributed by atoms with Crippen molar-refractivity contribution in [2.45, 2.75) is 32.1 Å². The summed E-state index contributed by atoms with van der Waals surface area (Å²) < 4.78 is 41.1. The van der Waals surface area contributed by atoms with Crippen LogP contribution < -0.4 is 19.8 Å². The van der Waals surface area contributed by atoms with Crippen molar-refractivity contribution >= 4 is 50.6 Å². The van der Waals surface area contributed by atoms with Gasteiger partial charge in [0.25, 0.3) is 0 Å². The second-order valence-corrected chi connectivity index (χ2v) is 13.8. The average Bonchev–Trinajstić information content (AvgIpc) is 3.44. The highest BCUT2D eigenvalue weighted by atomic mass is 32.2. The number of piperidine rings is 2. The number of benzene rings is 2. The minimum atomic E-state index is -3.46. The molecule has 42 heavy (non-hydrogen) atoms. The van der Waals surface area contributed by atoms with Gasteiger partial charge < -0.3 is 20.4 Å². The molecule has 0 amide bonds. The van der Waals surface area contributed by atoms with Gasteiger partial charge in [-0.05, 0) is 81.6 Å². The van der Waals surface area contributed by atoms with Crippen LogP contribution in [-0.2, 0) is 16.4 Å². The Morgan fingerprint density at radius 1 is 0.976 bits per heavy atom. The molecule has 0 radical (unpaired) electrons. The van der Waals surface area contributed by atoms with E-state index in [4.69, 9.17) is 4.98 Å². The molecule has 1 aromatic heterocycles. The van der Waals surface area contributed by atoms with Crippen LogP contribution in [-0.4, -0.2) is 69.8 Å². The number of allylic oxidation sites excluding steroid dienone is 1. The number of likely N-dealkylation sites (tertiary alicyclic amines) is 1. The molecular weight excluding hydrogens is 553 g/mol. The van der Waals surface area contributed by atoms with E-state index in [2.05, 4.69) is 32.5 Å². The molecule has 11 heteroatoms. The highest BCUT2D eigenvalue weighted by molar-refractivity contribution is 7.92. The smallest absolute Gasteiger partial charge is 0.232 e. The van der Waals surface area contributed by atoms with Crippen molar-refractivity contribution in [1.82, 2.24) is 14.9 Å². The normalized spacial score (nSPS) is 18.2. The van der Waals surface area contributed by atoms with Gasteiger partial charge in [0.2, 0.25) is 16.0 Å². The summed E-state index contributed by atoms with van der Waals surface area (Å²) in [5.74, 6) is 0.611. The van der Waals surface area contributed by atoms with Crippen LogP contribution in [0.25, 0.3) is 6.08 Å². The maximum atomic E-state index is 15.4. The molecule has 2 saturated heterocycles.